The molecule has 1 atom stereocenters. The Morgan fingerprint density at radius 2 is 2.28 bits per heavy atom. The number of hydrogen-bond acceptors (Lipinski definition) is 4. The number of anilines is 1. The molecule has 0 radical (unpaired) electrons. The molecule has 3 N–H and O–H groups in total. The Morgan fingerprint density at radius 1 is 1.33 bits per heavy atom. The zero-order chi connectivity index (χ0) is 12.4. The molecule has 0 aliphatic carbocycles. The molecule has 0 spiro atoms. The van der Waals surface area contributed by atoms with Crippen LogP contribution in [0.5, 0.6) is 0 Å². The fraction of sp³-hybridized carbons (Fsp3) is 0.333. The minimum absolute atomic E-state index is 0.350. The summed E-state index contributed by atoms with van der Waals surface area (Å²) in [6, 6.07) is 3.71. The lowest BCUT2D eigenvalue weighted by Crippen LogP contribution is -2.22. The minimum Gasteiger partial charge on any atom is -0.365 e. The Kier molecular flexibility index (Phi) is 2.93. The van der Waals surface area contributed by atoms with Crippen molar-refractivity contribution in [1.82, 2.24) is 20.5 Å². The highest BCUT2D eigenvalue weighted by Crippen LogP contribution is 2.20. The van der Waals surface area contributed by atoms with Crippen LogP contribution < -0.4 is 10.6 Å². The van der Waals surface area contributed by atoms with Crippen molar-refractivity contribution in [2.75, 3.05) is 18.4 Å². The van der Waals surface area contributed by atoms with Crippen LogP contribution in [0.1, 0.15) is 6.42 Å². The van der Waals surface area contributed by atoms with Gasteiger partial charge in [0.1, 0.15) is 11.6 Å². The van der Waals surface area contributed by atoms with Crippen molar-refractivity contribution >= 4 is 5.82 Å². The van der Waals surface area contributed by atoms with Gasteiger partial charge in [0.15, 0.2) is 0 Å². The maximum Gasteiger partial charge on any atom is 0.148 e. The van der Waals surface area contributed by atoms with E-state index in [1.54, 1.807) is 6.20 Å². The number of nitrogens with zero attached hydrogens (tertiary/aromatic N) is 2. The first-order chi connectivity index (χ1) is 8.81. The van der Waals surface area contributed by atoms with E-state index in [-0.39, 0.29) is 5.82 Å². The smallest absolute Gasteiger partial charge is 0.148 e. The Labute approximate surface area is 104 Å². The van der Waals surface area contributed by atoms with Crippen LogP contribution in [0.3, 0.4) is 0 Å². The van der Waals surface area contributed by atoms with Gasteiger partial charge >= 0.3 is 0 Å². The van der Waals surface area contributed by atoms with Crippen LogP contribution in [0.15, 0.2) is 24.5 Å². The maximum atomic E-state index is 13.1. The van der Waals surface area contributed by atoms with E-state index < -0.39 is 0 Å². The van der Waals surface area contributed by atoms with Crippen molar-refractivity contribution in [3.8, 4) is 11.3 Å². The van der Waals surface area contributed by atoms with Gasteiger partial charge in [-0.1, -0.05) is 0 Å². The molecule has 1 aliphatic heterocycles. The highest BCUT2D eigenvalue weighted by molar-refractivity contribution is 5.61. The predicted molar refractivity (Wildman–Crippen MR) is 66.7 cm³/mol. The van der Waals surface area contributed by atoms with E-state index in [1.807, 2.05) is 6.07 Å². The molecule has 1 fully saturated rings. The van der Waals surface area contributed by atoms with Crippen molar-refractivity contribution < 1.29 is 4.39 Å². The van der Waals surface area contributed by atoms with E-state index >= 15 is 0 Å². The molecular formula is C12H14FN5. The predicted octanol–water partition coefficient (Wildman–Crippen LogP) is 1.38. The molecule has 0 bridgehead atoms. The Bertz CT molecular complexity index is 533. The molecule has 1 aliphatic rings. The average Bonchev–Trinajstić information content (AvgIpc) is 3.01. The second-order valence-corrected chi connectivity index (χ2v) is 4.39. The van der Waals surface area contributed by atoms with Crippen molar-refractivity contribution in [3.63, 3.8) is 0 Å². The van der Waals surface area contributed by atoms with Gasteiger partial charge in [-0.2, -0.15) is 5.10 Å². The summed E-state index contributed by atoms with van der Waals surface area (Å²) in [6.07, 6.45) is 3.88. The first-order valence-corrected chi connectivity index (χ1v) is 5.95. The number of rotatable bonds is 3. The molecule has 0 aromatic carbocycles. The monoisotopic (exact) mass is 247 g/mol. The van der Waals surface area contributed by atoms with Gasteiger partial charge in [0.05, 0.1) is 11.9 Å². The molecule has 5 nitrogen and oxygen atoms in total. The van der Waals surface area contributed by atoms with Crippen LogP contribution in [0.25, 0.3) is 11.3 Å². The number of pyridine rings is 1. The lowest BCUT2D eigenvalue weighted by atomic mass is 10.2. The quantitative estimate of drug-likeness (QED) is 0.766. The summed E-state index contributed by atoms with van der Waals surface area (Å²) in [5, 5.41) is 13.7. The van der Waals surface area contributed by atoms with E-state index in [1.165, 1.54) is 12.3 Å². The summed E-state index contributed by atoms with van der Waals surface area (Å²) in [7, 11) is 0. The molecule has 6 heteroatoms. The first kappa shape index (κ1) is 11.2. The van der Waals surface area contributed by atoms with Crippen LogP contribution in [-0.2, 0) is 0 Å². The minimum atomic E-state index is -0.350. The highest BCUT2D eigenvalue weighted by Gasteiger charge is 2.15. The molecule has 2 aromatic heterocycles. The number of halogens is 1. The molecule has 2 aromatic rings. The Morgan fingerprint density at radius 3 is 3.06 bits per heavy atom. The van der Waals surface area contributed by atoms with Crippen LogP contribution in [0.4, 0.5) is 10.2 Å². The van der Waals surface area contributed by atoms with Crippen molar-refractivity contribution in [1.29, 1.82) is 0 Å². The molecule has 0 amide bonds. The summed E-state index contributed by atoms with van der Waals surface area (Å²) in [4.78, 5) is 3.82. The third-order valence-corrected chi connectivity index (χ3v) is 3.01. The molecule has 3 heterocycles. The summed E-state index contributed by atoms with van der Waals surface area (Å²) in [5.74, 6) is 0.430. The zero-order valence-electron chi connectivity index (χ0n) is 9.78. The largest absolute Gasteiger partial charge is 0.365 e. The average molecular weight is 247 g/mol. The van der Waals surface area contributed by atoms with E-state index in [4.69, 9.17) is 0 Å². The second kappa shape index (κ2) is 4.73. The fourth-order valence-electron chi connectivity index (χ4n) is 2.09. The Hall–Kier alpha value is -1.95. The molecular weight excluding hydrogens is 233 g/mol. The molecule has 1 unspecified atom stereocenters. The number of hydrogen-bond donors (Lipinski definition) is 3. The van der Waals surface area contributed by atoms with Crippen LogP contribution in [-0.4, -0.2) is 34.3 Å². The van der Waals surface area contributed by atoms with Crippen molar-refractivity contribution in [3.05, 3.63) is 30.3 Å². The zero-order valence-corrected chi connectivity index (χ0v) is 9.78. The standard InChI is InChI=1S/C12H14FN5/c13-9-3-8(5-15-6-9)11-4-12(18-17-11)16-10-1-2-14-7-10/h3-6,10,14H,1-2,7H2,(H2,16,17,18). The van der Waals surface area contributed by atoms with Gasteiger partial charge in [0.2, 0.25) is 0 Å². The first-order valence-electron chi connectivity index (χ1n) is 5.95. The lowest BCUT2D eigenvalue weighted by molar-refractivity contribution is 0.622. The van der Waals surface area contributed by atoms with Gasteiger partial charge in [0, 0.05) is 30.4 Å². The molecule has 18 heavy (non-hydrogen) atoms. The maximum absolute atomic E-state index is 13.1. The van der Waals surface area contributed by atoms with Gasteiger partial charge in [-0.05, 0) is 19.0 Å². The normalized spacial score (nSPS) is 19.1. The van der Waals surface area contributed by atoms with Crippen LogP contribution in [0.2, 0.25) is 0 Å². The lowest BCUT2D eigenvalue weighted by Gasteiger charge is -2.08. The molecule has 0 saturated carbocycles. The Balaban J connectivity index is 1.76. The highest BCUT2D eigenvalue weighted by atomic mass is 19.1. The number of nitrogens with one attached hydrogen (secondary N) is 3. The van der Waals surface area contributed by atoms with Gasteiger partial charge in [-0.25, -0.2) is 4.39 Å². The summed E-state index contributed by atoms with van der Waals surface area (Å²) in [5.41, 5.74) is 1.45. The van der Waals surface area contributed by atoms with E-state index in [2.05, 4.69) is 25.8 Å². The van der Waals surface area contributed by atoms with Gasteiger partial charge < -0.3 is 10.6 Å². The van der Waals surface area contributed by atoms with Gasteiger partial charge in [-0.3, -0.25) is 10.1 Å². The number of H-pyrrole nitrogens is 1. The second-order valence-electron chi connectivity index (χ2n) is 4.39. The molecule has 1 saturated heterocycles. The van der Waals surface area contributed by atoms with E-state index in [0.717, 1.165) is 31.0 Å². The van der Waals surface area contributed by atoms with Crippen LogP contribution in [0, 0.1) is 5.82 Å². The third-order valence-electron chi connectivity index (χ3n) is 3.01. The van der Waals surface area contributed by atoms with Crippen LogP contribution >= 0.6 is 0 Å². The third kappa shape index (κ3) is 2.33. The van der Waals surface area contributed by atoms with E-state index in [9.17, 15) is 4.39 Å². The van der Waals surface area contributed by atoms with Gasteiger partial charge in [0.25, 0.3) is 0 Å². The summed E-state index contributed by atoms with van der Waals surface area (Å²) >= 11 is 0. The fourth-order valence-corrected chi connectivity index (χ4v) is 2.09. The number of aromatic nitrogens is 3. The molecule has 3 rings (SSSR count). The van der Waals surface area contributed by atoms with Gasteiger partial charge in [-0.15, -0.1) is 0 Å². The molecule has 94 valence electrons. The van der Waals surface area contributed by atoms with Crippen molar-refractivity contribution in [2.24, 2.45) is 0 Å². The SMILES string of the molecule is Fc1cncc(-c2cc(NC3CCNC3)n[nH]2)c1. The van der Waals surface area contributed by atoms with E-state index in [0.29, 0.717) is 11.6 Å². The topological polar surface area (TPSA) is 65.6 Å². The number of aromatic amines is 1. The van der Waals surface area contributed by atoms with Crippen molar-refractivity contribution in [2.45, 2.75) is 12.5 Å². The summed E-state index contributed by atoms with van der Waals surface area (Å²) < 4.78 is 13.1. The summed E-state index contributed by atoms with van der Waals surface area (Å²) in [6.45, 7) is 1.98.